The molecule has 0 aromatic heterocycles. The van der Waals surface area contributed by atoms with Crippen LogP contribution in [-0.2, 0) is 12.8 Å². The number of rotatable bonds is 16. The van der Waals surface area contributed by atoms with Crippen molar-refractivity contribution in [2.45, 2.75) is 44.6 Å². The summed E-state index contributed by atoms with van der Waals surface area (Å²) in [5.74, 6) is 1.92. The number of halogens is 3. The van der Waals surface area contributed by atoms with Crippen molar-refractivity contribution in [1.29, 1.82) is 0 Å². The zero-order chi connectivity index (χ0) is 26.5. The third kappa shape index (κ3) is 14.6. The molecule has 1 unspecified atom stereocenters. The summed E-state index contributed by atoms with van der Waals surface area (Å²) in [5, 5.41) is 0. The Bertz CT molecular complexity index is 835. The van der Waals surface area contributed by atoms with Crippen molar-refractivity contribution >= 4 is 24.8 Å². The number of quaternary nitrogens is 1. The quantitative estimate of drug-likeness (QED) is 0.291. The Labute approximate surface area is 262 Å². The fraction of sp³-hybridized carbons (Fsp3) is 0.613. The van der Waals surface area contributed by atoms with Crippen LogP contribution in [0.5, 0.6) is 11.5 Å². The number of hydrogen-bond acceptors (Lipinski definition) is 5. The smallest absolute Gasteiger partial charge is 0.119 e. The van der Waals surface area contributed by atoms with Crippen molar-refractivity contribution in [3.63, 3.8) is 0 Å². The first kappa shape index (κ1) is 38.8. The Balaban J connectivity index is 0.00000507. The van der Waals surface area contributed by atoms with Crippen LogP contribution in [0, 0.1) is 0 Å². The second-order valence-corrected chi connectivity index (χ2v) is 11.4. The van der Waals surface area contributed by atoms with Gasteiger partial charge in [-0.1, -0.05) is 24.3 Å². The van der Waals surface area contributed by atoms with Crippen LogP contribution in [0.25, 0.3) is 0 Å². The predicted molar refractivity (Wildman–Crippen MR) is 169 cm³/mol. The third-order valence-electron chi connectivity index (χ3n) is 7.49. The number of nitrogens with zero attached hydrogens (tertiary/aromatic N) is 3. The summed E-state index contributed by atoms with van der Waals surface area (Å²) in [5.41, 5.74) is 9.27. The Morgan fingerprint density at radius 3 is 1.55 bits per heavy atom. The molecule has 9 heteroatoms. The molecule has 1 fully saturated rings. The summed E-state index contributed by atoms with van der Waals surface area (Å²) in [6.45, 7) is 8.13. The molecule has 1 heterocycles. The molecule has 3 rings (SSSR count). The number of nitrogens with two attached hydrogens (primary N) is 1. The molecule has 0 radical (unpaired) electrons. The van der Waals surface area contributed by atoms with E-state index < -0.39 is 0 Å². The zero-order valence-corrected chi connectivity index (χ0v) is 27.4. The first-order chi connectivity index (χ1) is 17.8. The van der Waals surface area contributed by atoms with Crippen LogP contribution in [-0.4, -0.2) is 101 Å². The van der Waals surface area contributed by atoms with Gasteiger partial charge in [-0.2, -0.15) is 0 Å². The van der Waals surface area contributed by atoms with Gasteiger partial charge in [0, 0.05) is 25.9 Å². The van der Waals surface area contributed by atoms with Gasteiger partial charge >= 0.3 is 0 Å². The fourth-order valence-corrected chi connectivity index (χ4v) is 5.32. The van der Waals surface area contributed by atoms with E-state index in [-0.39, 0.29) is 37.2 Å². The largest absolute Gasteiger partial charge is 1.00 e. The van der Waals surface area contributed by atoms with Crippen LogP contribution >= 0.6 is 24.8 Å². The van der Waals surface area contributed by atoms with Crippen LogP contribution in [0.2, 0.25) is 0 Å². The van der Waals surface area contributed by atoms with E-state index in [0.717, 1.165) is 57.2 Å². The van der Waals surface area contributed by atoms with Gasteiger partial charge < -0.3 is 41.9 Å². The molecule has 0 bridgehead atoms. The lowest BCUT2D eigenvalue weighted by Crippen LogP contribution is -3.00. The average molecular weight is 620 g/mol. The topological polar surface area (TPSA) is 51.0 Å². The summed E-state index contributed by atoms with van der Waals surface area (Å²) in [7, 11) is 8.27. The lowest BCUT2D eigenvalue weighted by Gasteiger charge is -2.44. The number of likely N-dealkylation sites (N-methyl/N-ethyl adjacent to an activating group) is 2. The van der Waals surface area contributed by atoms with E-state index in [0.29, 0.717) is 6.04 Å². The summed E-state index contributed by atoms with van der Waals surface area (Å²) < 4.78 is 12.9. The second-order valence-electron chi connectivity index (χ2n) is 11.4. The zero-order valence-electron chi connectivity index (χ0n) is 25.0. The Morgan fingerprint density at radius 1 is 0.750 bits per heavy atom. The monoisotopic (exact) mass is 618 g/mol. The molecule has 0 aliphatic carbocycles. The Morgan fingerprint density at radius 2 is 1.18 bits per heavy atom. The number of hydrogen-bond donors (Lipinski definition) is 1. The van der Waals surface area contributed by atoms with Crippen LogP contribution < -0.4 is 27.6 Å². The van der Waals surface area contributed by atoms with E-state index in [9.17, 15) is 0 Å². The minimum absolute atomic E-state index is 0. The first-order valence-electron chi connectivity index (χ1n) is 14.2. The minimum atomic E-state index is 0. The average Bonchev–Trinajstić information content (AvgIpc) is 2.86. The summed E-state index contributed by atoms with van der Waals surface area (Å²) in [6.07, 6.45) is 7.05. The predicted octanol–water partition coefficient (Wildman–Crippen LogP) is 1.92. The highest BCUT2D eigenvalue weighted by molar-refractivity contribution is 5.85. The maximum Gasteiger partial charge on any atom is 0.119 e. The van der Waals surface area contributed by atoms with Crippen molar-refractivity contribution in [3.05, 3.63) is 59.7 Å². The highest BCUT2D eigenvalue weighted by atomic mass is 35.5. The number of ether oxygens (including phenoxy) is 2. The minimum Gasteiger partial charge on any atom is -1.00 e. The van der Waals surface area contributed by atoms with Crippen molar-refractivity contribution in [2.24, 2.45) is 5.73 Å². The molecular weight excluding hydrogens is 567 g/mol. The van der Waals surface area contributed by atoms with Gasteiger partial charge in [-0.3, -0.25) is 0 Å². The molecule has 6 nitrogen and oxygen atoms in total. The van der Waals surface area contributed by atoms with E-state index >= 15 is 0 Å². The lowest BCUT2D eigenvalue weighted by molar-refractivity contribution is -0.933. The number of benzene rings is 2. The molecule has 2 N–H and O–H groups in total. The van der Waals surface area contributed by atoms with Crippen molar-refractivity contribution < 1.29 is 26.4 Å². The SMILES string of the molecule is CN(C)CCOc1ccc(CCC[N+]2(CCCc3ccc(OCCN(C)C)cc3)CCCC(N)C2)cc1.Cl.Cl.[Cl-]. The standard InChI is InChI=1S/C31H51N4O2.3ClH/c1-33(2)19-24-36-30-15-11-27(12-16-30)8-5-21-35(23-7-10-29(32)26-35)22-6-9-28-13-17-31(18-14-28)37-25-20-34(3)4;;;/h11-18,29H,5-10,19-26,32H2,1-4H3;3*1H/q+1;;;/p-1. The van der Waals surface area contributed by atoms with Crippen molar-refractivity contribution in [3.8, 4) is 11.5 Å². The van der Waals surface area contributed by atoms with E-state index in [4.69, 9.17) is 15.2 Å². The summed E-state index contributed by atoms with van der Waals surface area (Å²) in [6, 6.07) is 17.7. The molecule has 2 aromatic rings. The molecular formula is C31H53Cl3N4O2. The normalized spacial score (nSPS) is 16.0. The molecule has 40 heavy (non-hydrogen) atoms. The molecule has 1 aliphatic rings. The maximum absolute atomic E-state index is 6.48. The number of likely N-dealkylation sites (tertiary alicyclic amines) is 1. The highest BCUT2D eigenvalue weighted by Gasteiger charge is 2.32. The molecule has 230 valence electrons. The molecule has 0 amide bonds. The second kappa shape index (κ2) is 20.6. The fourth-order valence-electron chi connectivity index (χ4n) is 5.32. The maximum atomic E-state index is 6.48. The summed E-state index contributed by atoms with van der Waals surface area (Å²) >= 11 is 0. The molecule has 1 aliphatic heterocycles. The molecule has 1 atom stereocenters. The lowest BCUT2D eigenvalue weighted by atomic mass is 10.00. The number of piperidine rings is 1. The van der Waals surface area contributed by atoms with Crippen LogP contribution in [0.1, 0.15) is 36.8 Å². The summed E-state index contributed by atoms with van der Waals surface area (Å²) in [4.78, 5) is 4.28. The van der Waals surface area contributed by atoms with Gasteiger partial charge in [0.15, 0.2) is 0 Å². The Hall–Kier alpha value is -1.25. The van der Waals surface area contributed by atoms with Gasteiger partial charge in [0.05, 0.1) is 32.2 Å². The van der Waals surface area contributed by atoms with Gasteiger partial charge in [0.25, 0.3) is 0 Å². The van der Waals surface area contributed by atoms with Gasteiger partial charge in [-0.25, -0.2) is 0 Å². The first-order valence-corrected chi connectivity index (χ1v) is 14.2. The van der Waals surface area contributed by atoms with Gasteiger partial charge in [0.1, 0.15) is 24.7 Å². The van der Waals surface area contributed by atoms with E-state index in [2.05, 4.69) is 86.5 Å². The van der Waals surface area contributed by atoms with Gasteiger partial charge in [0.2, 0.25) is 0 Å². The third-order valence-corrected chi connectivity index (χ3v) is 7.49. The van der Waals surface area contributed by atoms with E-state index in [1.807, 2.05) is 0 Å². The van der Waals surface area contributed by atoms with Crippen molar-refractivity contribution in [1.82, 2.24) is 9.80 Å². The molecule has 0 spiro atoms. The number of aryl methyl sites for hydroxylation is 2. The van der Waals surface area contributed by atoms with Crippen LogP contribution in [0.3, 0.4) is 0 Å². The van der Waals surface area contributed by atoms with Crippen LogP contribution in [0.4, 0.5) is 0 Å². The molecule has 0 saturated carbocycles. The Kier molecular flexibility index (Phi) is 20.0. The van der Waals surface area contributed by atoms with Gasteiger partial charge in [-0.05, 0) is 89.3 Å². The molecule has 1 saturated heterocycles. The molecule has 2 aromatic carbocycles. The van der Waals surface area contributed by atoms with Crippen molar-refractivity contribution in [2.75, 3.05) is 80.7 Å². The van der Waals surface area contributed by atoms with Gasteiger partial charge in [-0.15, -0.1) is 24.8 Å². The van der Waals surface area contributed by atoms with E-state index in [1.165, 1.54) is 60.9 Å². The highest BCUT2D eigenvalue weighted by Crippen LogP contribution is 2.22. The van der Waals surface area contributed by atoms with Crippen LogP contribution in [0.15, 0.2) is 48.5 Å². The van der Waals surface area contributed by atoms with E-state index in [1.54, 1.807) is 0 Å².